The van der Waals surface area contributed by atoms with Crippen LogP contribution in [0.5, 0.6) is 5.75 Å². The van der Waals surface area contributed by atoms with Crippen molar-refractivity contribution in [2.75, 3.05) is 20.3 Å². The van der Waals surface area contributed by atoms with E-state index in [0.29, 0.717) is 21.5 Å². The molecule has 1 aliphatic carbocycles. The molecule has 1 aromatic rings. The molecule has 3 rings (SSSR count). The fourth-order valence-corrected chi connectivity index (χ4v) is 4.62. The molecule has 7 heteroatoms. The molecule has 0 bridgehead atoms. The summed E-state index contributed by atoms with van der Waals surface area (Å²) < 4.78 is 10.5. The number of thiocarbonyl (C=S) groups is 1. The summed E-state index contributed by atoms with van der Waals surface area (Å²) in [5.41, 5.74) is 0.886. The van der Waals surface area contributed by atoms with Crippen molar-refractivity contribution in [1.29, 1.82) is 0 Å². The Bertz CT molecular complexity index is 739. The summed E-state index contributed by atoms with van der Waals surface area (Å²) in [6, 6.07) is 7.21. The van der Waals surface area contributed by atoms with E-state index < -0.39 is 5.97 Å². The van der Waals surface area contributed by atoms with E-state index in [1.54, 1.807) is 17.0 Å². The van der Waals surface area contributed by atoms with E-state index in [1.807, 2.05) is 18.2 Å². The zero-order valence-corrected chi connectivity index (χ0v) is 16.9. The second-order valence-corrected chi connectivity index (χ2v) is 8.38. The molecule has 0 radical (unpaired) electrons. The summed E-state index contributed by atoms with van der Waals surface area (Å²) in [7, 11) is 1.32. The van der Waals surface area contributed by atoms with E-state index in [9.17, 15) is 9.59 Å². The number of carbonyl (C=O) groups is 2. The van der Waals surface area contributed by atoms with E-state index in [-0.39, 0.29) is 12.5 Å². The van der Waals surface area contributed by atoms with Crippen LogP contribution in [0.25, 0.3) is 6.08 Å². The normalized spacial score (nSPS) is 19.1. The van der Waals surface area contributed by atoms with Gasteiger partial charge in [0, 0.05) is 6.54 Å². The molecule has 27 heavy (non-hydrogen) atoms. The van der Waals surface area contributed by atoms with Gasteiger partial charge in [0.25, 0.3) is 5.91 Å². The number of nitrogens with zero attached hydrogens (tertiary/aromatic N) is 1. The quantitative estimate of drug-likeness (QED) is 0.388. The van der Waals surface area contributed by atoms with Crippen LogP contribution in [-0.4, -0.2) is 41.4 Å². The Labute approximate surface area is 169 Å². The van der Waals surface area contributed by atoms with Gasteiger partial charge in [0.2, 0.25) is 0 Å². The van der Waals surface area contributed by atoms with Gasteiger partial charge < -0.3 is 9.47 Å². The summed E-state index contributed by atoms with van der Waals surface area (Å²) in [6.45, 7) is 0.586. The lowest BCUT2D eigenvalue weighted by Gasteiger charge is -2.17. The minimum atomic E-state index is -0.430. The minimum absolute atomic E-state index is 0.00554. The number of carbonyl (C=O) groups excluding carboxylic acids is 2. The maximum absolute atomic E-state index is 12.7. The van der Waals surface area contributed by atoms with Crippen molar-refractivity contribution in [3.8, 4) is 5.75 Å². The van der Waals surface area contributed by atoms with Gasteiger partial charge in [0.15, 0.2) is 6.61 Å². The molecular formula is C20H23NO4S2. The number of ether oxygens (including phenoxy) is 2. The summed E-state index contributed by atoms with van der Waals surface area (Å²) in [6.07, 6.45) is 8.04. The van der Waals surface area contributed by atoms with Crippen molar-refractivity contribution in [3.63, 3.8) is 0 Å². The molecule has 0 atom stereocenters. The van der Waals surface area contributed by atoms with Crippen LogP contribution in [0.3, 0.4) is 0 Å². The number of rotatable bonds is 7. The SMILES string of the molecule is COC(=O)COc1ccc(/C=C2/SC(=S)N(CCC3CCCC3)C2=O)cc1. The van der Waals surface area contributed by atoms with Crippen molar-refractivity contribution in [2.45, 2.75) is 32.1 Å². The highest BCUT2D eigenvalue weighted by Crippen LogP contribution is 2.34. The highest BCUT2D eigenvalue weighted by Gasteiger charge is 2.32. The van der Waals surface area contributed by atoms with Gasteiger partial charge in [0.1, 0.15) is 10.1 Å². The first kappa shape index (κ1) is 19.9. The molecular weight excluding hydrogens is 382 g/mol. The van der Waals surface area contributed by atoms with Gasteiger partial charge in [0.05, 0.1) is 12.0 Å². The molecule has 144 valence electrons. The van der Waals surface area contributed by atoms with Crippen LogP contribution < -0.4 is 4.74 Å². The molecule has 1 aliphatic heterocycles. The zero-order chi connectivity index (χ0) is 19.2. The van der Waals surface area contributed by atoms with E-state index in [1.165, 1.54) is 44.6 Å². The molecule has 0 spiro atoms. The van der Waals surface area contributed by atoms with Crippen molar-refractivity contribution >= 4 is 46.3 Å². The van der Waals surface area contributed by atoms with Crippen LogP contribution in [-0.2, 0) is 14.3 Å². The maximum atomic E-state index is 12.7. The van der Waals surface area contributed by atoms with Gasteiger partial charge in [-0.15, -0.1) is 0 Å². The second kappa shape index (κ2) is 9.37. The molecule has 1 aromatic carbocycles. The lowest BCUT2D eigenvalue weighted by Crippen LogP contribution is -2.30. The molecule has 1 heterocycles. The van der Waals surface area contributed by atoms with Gasteiger partial charge >= 0.3 is 5.97 Å². The van der Waals surface area contributed by atoms with Crippen molar-refractivity contribution in [1.82, 2.24) is 4.90 Å². The van der Waals surface area contributed by atoms with Gasteiger partial charge in [-0.05, 0) is 36.1 Å². The summed E-state index contributed by atoms with van der Waals surface area (Å²) in [5, 5.41) is 0. The number of hydrogen-bond acceptors (Lipinski definition) is 6. The predicted molar refractivity (Wildman–Crippen MR) is 110 cm³/mol. The number of thioether (sulfide) groups is 1. The first-order valence-electron chi connectivity index (χ1n) is 9.12. The molecule has 2 fully saturated rings. The monoisotopic (exact) mass is 405 g/mol. The van der Waals surface area contributed by atoms with E-state index >= 15 is 0 Å². The number of esters is 1. The van der Waals surface area contributed by atoms with Crippen LogP contribution in [0.2, 0.25) is 0 Å². The molecule has 2 aliphatic rings. The number of methoxy groups -OCH3 is 1. The third kappa shape index (κ3) is 5.32. The molecule has 0 aromatic heterocycles. The highest BCUT2D eigenvalue weighted by atomic mass is 32.2. The Morgan fingerprint density at radius 1 is 1.30 bits per heavy atom. The predicted octanol–water partition coefficient (Wildman–Crippen LogP) is 4.02. The molecule has 5 nitrogen and oxygen atoms in total. The van der Waals surface area contributed by atoms with E-state index in [2.05, 4.69) is 4.74 Å². The molecule has 1 saturated heterocycles. The lowest BCUT2D eigenvalue weighted by atomic mass is 10.0. The molecule has 1 amide bonds. The Hall–Kier alpha value is -1.86. The smallest absolute Gasteiger partial charge is 0.343 e. The standard InChI is InChI=1S/C20H23NO4S2/c1-24-18(22)13-25-16-8-6-15(7-9-16)12-17-19(23)21(20(26)27-17)11-10-14-4-2-3-5-14/h6-9,12,14H,2-5,10-11,13H2,1H3/b17-12+. The fourth-order valence-electron chi connectivity index (χ4n) is 3.32. The van der Waals surface area contributed by atoms with Crippen LogP contribution in [0.1, 0.15) is 37.7 Å². The Morgan fingerprint density at radius 2 is 2.00 bits per heavy atom. The molecule has 1 saturated carbocycles. The highest BCUT2D eigenvalue weighted by molar-refractivity contribution is 8.26. The molecule has 0 N–H and O–H groups in total. The number of hydrogen-bond donors (Lipinski definition) is 0. The van der Waals surface area contributed by atoms with Gasteiger partial charge in [-0.3, -0.25) is 9.69 Å². The number of benzene rings is 1. The summed E-state index contributed by atoms with van der Waals surface area (Å²) >= 11 is 6.76. The van der Waals surface area contributed by atoms with Gasteiger partial charge in [-0.2, -0.15) is 0 Å². The van der Waals surface area contributed by atoms with Crippen molar-refractivity contribution in [3.05, 3.63) is 34.7 Å². The third-order valence-electron chi connectivity index (χ3n) is 4.87. The van der Waals surface area contributed by atoms with Gasteiger partial charge in [-0.1, -0.05) is 61.8 Å². The average Bonchev–Trinajstić information content (AvgIpc) is 3.28. The summed E-state index contributed by atoms with van der Waals surface area (Å²) in [5.74, 6) is 0.868. The van der Waals surface area contributed by atoms with Crippen molar-refractivity contribution < 1.29 is 19.1 Å². The zero-order valence-electron chi connectivity index (χ0n) is 15.3. The number of amides is 1. The van der Waals surface area contributed by atoms with Crippen LogP contribution in [0, 0.1) is 5.92 Å². The Kier molecular flexibility index (Phi) is 6.90. The molecule has 0 unspecified atom stereocenters. The lowest BCUT2D eigenvalue weighted by molar-refractivity contribution is -0.142. The second-order valence-electron chi connectivity index (χ2n) is 6.71. The van der Waals surface area contributed by atoms with Crippen LogP contribution in [0.4, 0.5) is 0 Å². The largest absolute Gasteiger partial charge is 0.482 e. The third-order valence-corrected chi connectivity index (χ3v) is 6.25. The minimum Gasteiger partial charge on any atom is -0.482 e. The fraction of sp³-hybridized carbons (Fsp3) is 0.450. The van der Waals surface area contributed by atoms with Crippen LogP contribution >= 0.6 is 24.0 Å². The Morgan fingerprint density at radius 3 is 2.67 bits per heavy atom. The average molecular weight is 406 g/mol. The van der Waals surface area contributed by atoms with Crippen LogP contribution in [0.15, 0.2) is 29.2 Å². The summed E-state index contributed by atoms with van der Waals surface area (Å²) in [4.78, 5) is 26.2. The topological polar surface area (TPSA) is 55.8 Å². The first-order chi connectivity index (χ1) is 13.1. The Balaban J connectivity index is 1.58. The van der Waals surface area contributed by atoms with E-state index in [0.717, 1.165) is 17.9 Å². The van der Waals surface area contributed by atoms with Crippen molar-refractivity contribution in [2.24, 2.45) is 5.92 Å². The maximum Gasteiger partial charge on any atom is 0.343 e. The van der Waals surface area contributed by atoms with E-state index in [4.69, 9.17) is 17.0 Å². The van der Waals surface area contributed by atoms with Gasteiger partial charge in [-0.25, -0.2) is 4.79 Å². The first-order valence-corrected chi connectivity index (χ1v) is 10.3.